The van der Waals surface area contributed by atoms with Crippen molar-refractivity contribution in [3.63, 3.8) is 0 Å². The molecule has 0 spiro atoms. The molecule has 1 rings (SSSR count). The van der Waals surface area contributed by atoms with Crippen LogP contribution < -0.4 is 10.6 Å². The van der Waals surface area contributed by atoms with Crippen molar-refractivity contribution >= 4 is 23.3 Å². The first-order chi connectivity index (χ1) is 8.69. The van der Waals surface area contributed by atoms with Crippen molar-refractivity contribution in [2.45, 2.75) is 6.42 Å². The second kappa shape index (κ2) is 7.89. The van der Waals surface area contributed by atoms with Gasteiger partial charge in [0.25, 0.3) is 0 Å². The normalized spacial score (nSPS) is 15.2. The Morgan fingerprint density at radius 3 is 2.72 bits per heavy atom. The molecule has 0 fully saturated rings. The van der Waals surface area contributed by atoms with Crippen molar-refractivity contribution in [3.05, 3.63) is 35.4 Å². The fourth-order valence-corrected chi connectivity index (χ4v) is 2.12. The van der Waals surface area contributed by atoms with Gasteiger partial charge in [-0.1, -0.05) is 6.08 Å². The maximum Gasteiger partial charge on any atom is 0.203 e. The van der Waals surface area contributed by atoms with E-state index < -0.39 is 0 Å². The molecule has 0 bridgehead atoms. The molecule has 0 aromatic heterocycles. The van der Waals surface area contributed by atoms with Gasteiger partial charge in [0.05, 0.1) is 10.6 Å². The molecule has 1 aliphatic rings. The summed E-state index contributed by atoms with van der Waals surface area (Å²) in [6.45, 7) is 5.13. The Balaban J connectivity index is 2.51. The molecule has 1 aliphatic carbocycles. The van der Waals surface area contributed by atoms with Gasteiger partial charge in [0.2, 0.25) is 5.78 Å². The highest BCUT2D eigenvalue weighted by atomic mass is 32.2. The minimum absolute atomic E-state index is 0.113. The van der Waals surface area contributed by atoms with Gasteiger partial charge >= 0.3 is 0 Å². The summed E-state index contributed by atoms with van der Waals surface area (Å²) in [4.78, 5) is 24.0. The van der Waals surface area contributed by atoms with E-state index in [0.29, 0.717) is 22.9 Å². The summed E-state index contributed by atoms with van der Waals surface area (Å²) in [5.74, 6) is 0.382. The predicted molar refractivity (Wildman–Crippen MR) is 75.4 cm³/mol. The molecule has 98 valence electrons. The van der Waals surface area contributed by atoms with Crippen LogP contribution in [0.3, 0.4) is 0 Å². The molecule has 0 aromatic carbocycles. The molecule has 0 atom stereocenters. The van der Waals surface area contributed by atoms with Crippen molar-refractivity contribution in [2.24, 2.45) is 0 Å². The lowest BCUT2D eigenvalue weighted by Crippen LogP contribution is -2.26. The number of rotatable bonds is 8. The summed E-state index contributed by atoms with van der Waals surface area (Å²) < 4.78 is 0. The number of carbonyl (C=O) groups excluding carboxylic acids is 2. The largest absolute Gasteiger partial charge is 0.382 e. The number of ketones is 2. The van der Waals surface area contributed by atoms with Crippen LogP contribution in [0.15, 0.2) is 35.4 Å². The minimum atomic E-state index is -0.134. The minimum Gasteiger partial charge on any atom is -0.382 e. The van der Waals surface area contributed by atoms with E-state index in [1.165, 1.54) is 23.9 Å². The molecule has 4 nitrogen and oxygen atoms in total. The molecule has 2 N–H and O–H groups in total. The Labute approximate surface area is 112 Å². The molecule has 0 saturated carbocycles. The second-order valence-corrected chi connectivity index (χ2v) is 4.84. The lowest BCUT2D eigenvalue weighted by atomic mass is 10.1. The summed E-state index contributed by atoms with van der Waals surface area (Å²) in [7, 11) is 1.88. The van der Waals surface area contributed by atoms with E-state index in [2.05, 4.69) is 17.2 Å². The van der Waals surface area contributed by atoms with E-state index in [1.807, 2.05) is 7.05 Å². The van der Waals surface area contributed by atoms with Crippen molar-refractivity contribution in [1.29, 1.82) is 0 Å². The van der Waals surface area contributed by atoms with E-state index in [4.69, 9.17) is 0 Å². The van der Waals surface area contributed by atoms with Crippen LogP contribution in [0.5, 0.6) is 0 Å². The Kier molecular flexibility index (Phi) is 6.46. The van der Waals surface area contributed by atoms with Crippen LogP contribution >= 0.6 is 11.8 Å². The first-order valence-electron chi connectivity index (χ1n) is 5.83. The standard InChI is InChI=1S/C13H18N2O2S/c1-3-7-18-13-9-11(16)10(8-12(13)17)15-6-4-5-14-2/h3,8-9,14-15H,1,4-7H2,2H3. The zero-order chi connectivity index (χ0) is 13.4. The third-order valence-electron chi connectivity index (χ3n) is 2.32. The van der Waals surface area contributed by atoms with Gasteiger partial charge < -0.3 is 10.6 Å². The fourth-order valence-electron chi connectivity index (χ4n) is 1.43. The van der Waals surface area contributed by atoms with Crippen molar-refractivity contribution in [2.75, 3.05) is 25.9 Å². The topological polar surface area (TPSA) is 58.2 Å². The van der Waals surface area contributed by atoms with Crippen molar-refractivity contribution in [1.82, 2.24) is 10.6 Å². The van der Waals surface area contributed by atoms with Gasteiger partial charge in [-0.3, -0.25) is 9.59 Å². The maximum atomic E-state index is 11.8. The smallest absolute Gasteiger partial charge is 0.203 e. The zero-order valence-electron chi connectivity index (χ0n) is 10.5. The number of hydrogen-bond acceptors (Lipinski definition) is 5. The highest BCUT2D eigenvalue weighted by Gasteiger charge is 2.19. The number of hydrogen-bond donors (Lipinski definition) is 2. The van der Waals surface area contributed by atoms with E-state index in [-0.39, 0.29) is 11.6 Å². The molecule has 18 heavy (non-hydrogen) atoms. The summed E-state index contributed by atoms with van der Waals surface area (Å²) >= 11 is 1.33. The van der Waals surface area contributed by atoms with Crippen LogP contribution in [0.25, 0.3) is 0 Å². The number of nitrogens with one attached hydrogen (secondary N) is 2. The van der Waals surface area contributed by atoms with Gasteiger partial charge in [0, 0.05) is 24.4 Å². The van der Waals surface area contributed by atoms with Crippen LogP contribution in [0, 0.1) is 0 Å². The summed E-state index contributed by atoms with van der Waals surface area (Å²) in [6.07, 6.45) is 5.39. The molecular formula is C13H18N2O2S. The molecule has 0 saturated heterocycles. The number of carbonyl (C=O) groups is 2. The highest BCUT2D eigenvalue weighted by Crippen LogP contribution is 2.21. The van der Waals surface area contributed by atoms with Gasteiger partial charge in [0.1, 0.15) is 0 Å². The summed E-state index contributed by atoms with van der Waals surface area (Å²) in [6, 6.07) is 0. The molecule has 0 unspecified atom stereocenters. The van der Waals surface area contributed by atoms with E-state index in [1.54, 1.807) is 6.08 Å². The quantitative estimate of drug-likeness (QED) is 0.390. The van der Waals surface area contributed by atoms with Crippen LogP contribution in [-0.2, 0) is 9.59 Å². The Morgan fingerprint density at radius 2 is 2.06 bits per heavy atom. The summed E-state index contributed by atoms with van der Waals surface area (Å²) in [5.41, 5.74) is 0.388. The Hall–Kier alpha value is -1.33. The van der Waals surface area contributed by atoms with E-state index in [0.717, 1.165) is 13.0 Å². The maximum absolute atomic E-state index is 11.8. The fraction of sp³-hybridized carbons (Fsp3) is 0.385. The van der Waals surface area contributed by atoms with Gasteiger partial charge in [-0.15, -0.1) is 18.3 Å². The third-order valence-corrected chi connectivity index (χ3v) is 3.35. The lowest BCUT2D eigenvalue weighted by Gasteiger charge is -2.13. The van der Waals surface area contributed by atoms with Crippen LogP contribution in [0.2, 0.25) is 0 Å². The SMILES string of the molecule is C=CCSC1=CC(=O)C(NCCCNC)=CC1=O. The monoisotopic (exact) mass is 266 g/mol. The van der Waals surface area contributed by atoms with Crippen LogP contribution in [0.1, 0.15) is 6.42 Å². The Bertz CT molecular complexity index is 400. The van der Waals surface area contributed by atoms with E-state index in [9.17, 15) is 9.59 Å². The lowest BCUT2D eigenvalue weighted by molar-refractivity contribution is -0.115. The number of thioether (sulfide) groups is 1. The molecule has 0 aromatic rings. The van der Waals surface area contributed by atoms with Crippen LogP contribution in [0.4, 0.5) is 0 Å². The average Bonchev–Trinajstić information content (AvgIpc) is 2.36. The molecule has 0 radical (unpaired) electrons. The van der Waals surface area contributed by atoms with Crippen molar-refractivity contribution in [3.8, 4) is 0 Å². The molecule has 0 heterocycles. The Morgan fingerprint density at radius 1 is 1.28 bits per heavy atom. The first kappa shape index (κ1) is 14.7. The van der Waals surface area contributed by atoms with Gasteiger partial charge in [0.15, 0.2) is 5.78 Å². The molecule has 0 aliphatic heterocycles. The molecular weight excluding hydrogens is 248 g/mol. The van der Waals surface area contributed by atoms with Gasteiger partial charge in [-0.05, 0) is 20.0 Å². The average molecular weight is 266 g/mol. The van der Waals surface area contributed by atoms with Crippen molar-refractivity contribution < 1.29 is 9.59 Å². The second-order valence-electron chi connectivity index (χ2n) is 3.78. The number of allylic oxidation sites excluding steroid dienone is 3. The van der Waals surface area contributed by atoms with E-state index >= 15 is 0 Å². The van der Waals surface area contributed by atoms with Crippen LogP contribution in [-0.4, -0.2) is 37.5 Å². The van der Waals surface area contributed by atoms with Gasteiger partial charge in [-0.25, -0.2) is 0 Å². The molecule has 5 heteroatoms. The van der Waals surface area contributed by atoms with Gasteiger partial charge in [-0.2, -0.15) is 0 Å². The third kappa shape index (κ3) is 4.50. The first-order valence-corrected chi connectivity index (χ1v) is 6.81. The molecule has 0 amide bonds. The summed E-state index contributed by atoms with van der Waals surface area (Å²) in [5, 5.41) is 6.01. The predicted octanol–water partition coefficient (Wildman–Crippen LogP) is 1.02. The highest BCUT2D eigenvalue weighted by molar-refractivity contribution is 8.04. The zero-order valence-corrected chi connectivity index (χ0v) is 11.3.